The lowest BCUT2D eigenvalue weighted by Crippen LogP contribution is -2.43. The van der Waals surface area contributed by atoms with Crippen LogP contribution in [0, 0.1) is 4.91 Å². The number of methoxy groups -OCH3 is 1. The van der Waals surface area contributed by atoms with Crippen molar-refractivity contribution in [2.45, 2.75) is 24.4 Å². The Kier molecular flexibility index (Phi) is 3.73. The van der Waals surface area contributed by atoms with Crippen molar-refractivity contribution >= 4 is 0 Å². The molecular formula is C7H14N2O4. The second-order valence-electron chi connectivity index (χ2n) is 3.09. The Balaban J connectivity index is 2.66. The van der Waals surface area contributed by atoms with Gasteiger partial charge in [-0.2, -0.15) is 4.91 Å². The van der Waals surface area contributed by atoms with Crippen molar-refractivity contribution in [3.63, 3.8) is 0 Å². The summed E-state index contributed by atoms with van der Waals surface area (Å²) in [7, 11) is 1.44. The Morgan fingerprint density at radius 3 is 2.62 bits per heavy atom. The Morgan fingerprint density at radius 2 is 2.08 bits per heavy atom. The molecule has 1 aliphatic heterocycles. The maximum Gasteiger partial charge on any atom is 0.133 e. The summed E-state index contributed by atoms with van der Waals surface area (Å²) in [6.07, 6.45) is -2.72. The maximum atomic E-state index is 10.3. The molecule has 1 heterocycles. The molecule has 76 valence electrons. The summed E-state index contributed by atoms with van der Waals surface area (Å²) in [5.74, 6) is 0. The molecule has 6 nitrogen and oxygen atoms in total. The smallest absolute Gasteiger partial charge is 0.133 e. The zero-order valence-electron chi connectivity index (χ0n) is 7.38. The highest BCUT2D eigenvalue weighted by molar-refractivity contribution is 4.91. The summed E-state index contributed by atoms with van der Waals surface area (Å²) in [5, 5.41) is 24.6. The molecule has 0 aliphatic carbocycles. The van der Waals surface area contributed by atoms with E-state index in [-0.39, 0.29) is 6.54 Å². The second kappa shape index (κ2) is 4.61. The van der Waals surface area contributed by atoms with Gasteiger partial charge in [0.05, 0.1) is 6.10 Å². The van der Waals surface area contributed by atoms with Crippen LogP contribution in [0.25, 0.3) is 0 Å². The molecule has 0 spiro atoms. The van der Waals surface area contributed by atoms with Gasteiger partial charge in [0.2, 0.25) is 0 Å². The van der Waals surface area contributed by atoms with Crippen molar-refractivity contribution < 1.29 is 14.9 Å². The number of hydrogen-bond donors (Lipinski definition) is 3. The minimum absolute atomic E-state index is 0.265. The number of hydrogen-bond acceptors (Lipinski definition) is 6. The van der Waals surface area contributed by atoms with Crippen LogP contribution >= 0.6 is 0 Å². The predicted molar refractivity (Wildman–Crippen MR) is 45.3 cm³/mol. The fourth-order valence-electron chi connectivity index (χ4n) is 1.38. The fourth-order valence-corrected chi connectivity index (χ4v) is 1.38. The molecule has 4 atom stereocenters. The van der Waals surface area contributed by atoms with E-state index in [1.807, 2.05) is 0 Å². The summed E-state index contributed by atoms with van der Waals surface area (Å²) in [6.45, 7) is 0.669. The quantitative estimate of drug-likeness (QED) is 0.459. The summed E-state index contributed by atoms with van der Waals surface area (Å²) >= 11 is 0. The molecule has 1 saturated heterocycles. The lowest BCUT2D eigenvalue weighted by molar-refractivity contribution is -0.0709. The first-order chi connectivity index (χ1) is 6.20. The SMILES string of the molecule is COC1CNC[C@@H](N=O)[C@H](O)[C@@H]1O. The van der Waals surface area contributed by atoms with Gasteiger partial charge in [-0.15, -0.1) is 0 Å². The molecule has 13 heavy (non-hydrogen) atoms. The molecule has 1 fully saturated rings. The fraction of sp³-hybridized carbons (Fsp3) is 1.00. The average molecular weight is 190 g/mol. The first-order valence-electron chi connectivity index (χ1n) is 4.12. The Morgan fingerprint density at radius 1 is 1.38 bits per heavy atom. The van der Waals surface area contributed by atoms with Gasteiger partial charge in [0.1, 0.15) is 18.2 Å². The molecule has 0 aromatic carbocycles. The molecule has 1 unspecified atom stereocenters. The number of aliphatic hydroxyl groups excluding tert-OH is 2. The van der Waals surface area contributed by atoms with Crippen LogP contribution in [0.5, 0.6) is 0 Å². The minimum Gasteiger partial charge on any atom is -0.388 e. The molecule has 0 aromatic heterocycles. The summed E-state index contributed by atoms with van der Waals surface area (Å²) in [6, 6.07) is -0.810. The maximum absolute atomic E-state index is 10.3. The number of nitrogens with one attached hydrogen (secondary N) is 1. The van der Waals surface area contributed by atoms with E-state index in [2.05, 4.69) is 10.5 Å². The van der Waals surface area contributed by atoms with Crippen LogP contribution in [0.15, 0.2) is 5.18 Å². The van der Waals surface area contributed by atoms with Gasteiger partial charge >= 0.3 is 0 Å². The van der Waals surface area contributed by atoms with Gasteiger partial charge in [-0.05, 0) is 0 Å². The van der Waals surface area contributed by atoms with Crippen molar-refractivity contribution in [2.75, 3.05) is 20.2 Å². The van der Waals surface area contributed by atoms with Crippen molar-refractivity contribution in [1.82, 2.24) is 5.32 Å². The highest BCUT2D eigenvalue weighted by atomic mass is 16.5. The molecule has 0 radical (unpaired) electrons. The molecule has 0 aromatic rings. The van der Waals surface area contributed by atoms with E-state index < -0.39 is 24.4 Å². The van der Waals surface area contributed by atoms with Gasteiger partial charge in [-0.3, -0.25) is 0 Å². The van der Waals surface area contributed by atoms with Crippen molar-refractivity contribution in [3.05, 3.63) is 4.91 Å². The lowest BCUT2D eigenvalue weighted by Gasteiger charge is -2.23. The third-order valence-electron chi connectivity index (χ3n) is 2.26. The third-order valence-corrected chi connectivity index (χ3v) is 2.26. The standard InChI is InChI=1S/C7H14N2O4/c1-13-5-3-8-2-4(9-12)6(10)7(5)11/h4-8,10-11H,2-3H2,1H3/t4-,5?,6+,7-/m1/s1. The van der Waals surface area contributed by atoms with Crippen LogP contribution in [0.4, 0.5) is 0 Å². The van der Waals surface area contributed by atoms with E-state index >= 15 is 0 Å². The first kappa shape index (κ1) is 10.5. The third kappa shape index (κ3) is 2.22. The van der Waals surface area contributed by atoms with Gasteiger partial charge in [0.15, 0.2) is 0 Å². The average Bonchev–Trinajstić information content (AvgIpc) is 2.28. The lowest BCUT2D eigenvalue weighted by atomic mass is 10.0. The first-order valence-corrected chi connectivity index (χ1v) is 4.12. The summed E-state index contributed by atoms with van der Waals surface area (Å²) in [5.41, 5.74) is 0. The number of aliphatic hydroxyl groups is 2. The van der Waals surface area contributed by atoms with E-state index in [0.717, 1.165) is 0 Å². The highest BCUT2D eigenvalue weighted by Gasteiger charge is 2.35. The normalized spacial score (nSPS) is 41.2. The molecule has 0 saturated carbocycles. The van der Waals surface area contributed by atoms with E-state index in [9.17, 15) is 15.1 Å². The van der Waals surface area contributed by atoms with Crippen LogP contribution in [-0.2, 0) is 4.74 Å². The molecule has 1 rings (SSSR count). The van der Waals surface area contributed by atoms with E-state index in [1.165, 1.54) is 7.11 Å². The molecule has 1 aliphatic rings. The van der Waals surface area contributed by atoms with Crippen LogP contribution < -0.4 is 5.32 Å². The molecule has 0 bridgehead atoms. The predicted octanol–water partition coefficient (Wildman–Crippen LogP) is -1.54. The van der Waals surface area contributed by atoms with Gasteiger partial charge in [0.25, 0.3) is 0 Å². The van der Waals surface area contributed by atoms with Crippen LogP contribution in [0.3, 0.4) is 0 Å². The number of rotatable bonds is 2. The summed E-state index contributed by atoms with van der Waals surface area (Å²) < 4.78 is 4.93. The van der Waals surface area contributed by atoms with Crippen molar-refractivity contribution in [1.29, 1.82) is 0 Å². The van der Waals surface area contributed by atoms with E-state index in [0.29, 0.717) is 6.54 Å². The topological polar surface area (TPSA) is 91.2 Å². The highest BCUT2D eigenvalue weighted by Crippen LogP contribution is 2.12. The number of nitrogens with zero attached hydrogens (tertiary/aromatic N) is 1. The van der Waals surface area contributed by atoms with Gasteiger partial charge in [0, 0.05) is 20.2 Å². The number of nitroso groups, excluding NO2 is 1. The Labute approximate surface area is 75.9 Å². The zero-order valence-corrected chi connectivity index (χ0v) is 7.38. The molecule has 0 amide bonds. The second-order valence-corrected chi connectivity index (χ2v) is 3.09. The van der Waals surface area contributed by atoms with Crippen molar-refractivity contribution in [2.24, 2.45) is 5.18 Å². The van der Waals surface area contributed by atoms with Gasteiger partial charge in [-0.1, -0.05) is 5.18 Å². The van der Waals surface area contributed by atoms with Crippen molar-refractivity contribution in [3.8, 4) is 0 Å². The van der Waals surface area contributed by atoms with Crippen LogP contribution in [0.1, 0.15) is 0 Å². The molecular weight excluding hydrogens is 176 g/mol. The van der Waals surface area contributed by atoms with Crippen LogP contribution in [-0.4, -0.2) is 54.8 Å². The van der Waals surface area contributed by atoms with E-state index in [4.69, 9.17) is 4.74 Å². The van der Waals surface area contributed by atoms with Gasteiger partial charge in [-0.25, -0.2) is 0 Å². The summed E-state index contributed by atoms with van der Waals surface area (Å²) in [4.78, 5) is 10.3. The molecule has 6 heteroatoms. The monoisotopic (exact) mass is 190 g/mol. The minimum atomic E-state index is -1.16. The molecule has 3 N–H and O–H groups in total. The van der Waals surface area contributed by atoms with E-state index in [1.54, 1.807) is 0 Å². The Bertz CT molecular complexity index is 178. The van der Waals surface area contributed by atoms with Crippen LogP contribution in [0.2, 0.25) is 0 Å². The number of ether oxygens (including phenoxy) is 1. The van der Waals surface area contributed by atoms with Gasteiger partial charge < -0.3 is 20.3 Å². The Hall–Kier alpha value is -0.560. The largest absolute Gasteiger partial charge is 0.388 e. The zero-order chi connectivity index (χ0) is 9.84.